The lowest BCUT2D eigenvalue weighted by molar-refractivity contribution is 1.44. The molecule has 1 heterocycles. The molecule has 70 valence electrons. The van der Waals surface area contributed by atoms with Crippen molar-refractivity contribution in [1.82, 2.24) is 4.98 Å². The number of H-pyrrole nitrogens is 1. The van der Waals surface area contributed by atoms with Crippen LogP contribution in [0.15, 0.2) is 24.4 Å². The zero-order valence-corrected chi connectivity index (χ0v) is 8.94. The van der Waals surface area contributed by atoms with Crippen molar-refractivity contribution in [3.05, 3.63) is 35.0 Å². The molecule has 0 aliphatic rings. The molecule has 0 aliphatic heterocycles. The summed E-state index contributed by atoms with van der Waals surface area (Å²) in [5.41, 5.74) is 2.26. The minimum Gasteiger partial charge on any atom is -0.361 e. The van der Waals surface area contributed by atoms with E-state index in [1.54, 1.807) is 0 Å². The van der Waals surface area contributed by atoms with Crippen LogP contribution in [-0.4, -0.2) is 4.98 Å². The van der Waals surface area contributed by atoms with Crippen molar-refractivity contribution in [3.8, 4) is 0 Å². The molecule has 0 unspecified atom stereocenters. The van der Waals surface area contributed by atoms with Gasteiger partial charge in [-0.25, -0.2) is 0 Å². The zero-order chi connectivity index (χ0) is 9.84. The molecular formula is C11H14ClN. The predicted molar refractivity (Wildman–Crippen MR) is 59.4 cm³/mol. The number of rotatable bonds is 0. The first kappa shape index (κ1) is 10.1. The molecular weight excluding hydrogens is 182 g/mol. The van der Waals surface area contributed by atoms with E-state index in [0.717, 1.165) is 16.1 Å². The molecule has 0 amide bonds. The minimum absolute atomic E-state index is 0.831. The van der Waals surface area contributed by atoms with Crippen LogP contribution in [0.4, 0.5) is 0 Å². The first-order chi connectivity index (χ1) is 6.27. The van der Waals surface area contributed by atoms with Crippen LogP contribution in [0.1, 0.15) is 19.4 Å². The standard InChI is InChI=1S/C9H8ClN.C2H6/c1-6-4-9-7(2-3-11-9)5-8(6)10;1-2/h2-5,11H,1H3;1-2H3. The summed E-state index contributed by atoms with van der Waals surface area (Å²) in [6.07, 6.45) is 1.92. The third-order valence-corrected chi connectivity index (χ3v) is 2.24. The van der Waals surface area contributed by atoms with Gasteiger partial charge in [0, 0.05) is 22.1 Å². The Morgan fingerprint density at radius 2 is 1.92 bits per heavy atom. The number of hydrogen-bond acceptors (Lipinski definition) is 0. The highest BCUT2D eigenvalue weighted by Gasteiger charge is 1.98. The number of halogens is 1. The van der Waals surface area contributed by atoms with E-state index in [1.807, 2.05) is 39.1 Å². The number of aromatic nitrogens is 1. The third kappa shape index (κ3) is 2.04. The number of hydrogen-bond donors (Lipinski definition) is 1. The van der Waals surface area contributed by atoms with E-state index >= 15 is 0 Å². The molecule has 0 fully saturated rings. The lowest BCUT2D eigenvalue weighted by Crippen LogP contribution is -1.74. The molecule has 2 rings (SSSR count). The van der Waals surface area contributed by atoms with Gasteiger partial charge in [0.1, 0.15) is 0 Å². The van der Waals surface area contributed by atoms with Crippen LogP contribution < -0.4 is 0 Å². The van der Waals surface area contributed by atoms with E-state index in [9.17, 15) is 0 Å². The fourth-order valence-electron chi connectivity index (χ4n) is 1.18. The average molecular weight is 196 g/mol. The first-order valence-corrected chi connectivity index (χ1v) is 4.88. The highest BCUT2D eigenvalue weighted by atomic mass is 35.5. The van der Waals surface area contributed by atoms with Gasteiger partial charge in [-0.15, -0.1) is 0 Å². The molecule has 1 nitrogen and oxygen atoms in total. The largest absolute Gasteiger partial charge is 0.361 e. The zero-order valence-electron chi connectivity index (χ0n) is 8.19. The number of aryl methyl sites for hydroxylation is 1. The summed E-state index contributed by atoms with van der Waals surface area (Å²) < 4.78 is 0. The molecule has 0 bridgehead atoms. The molecule has 1 aromatic heterocycles. The summed E-state index contributed by atoms with van der Waals surface area (Å²) >= 11 is 5.93. The molecule has 0 radical (unpaired) electrons. The van der Waals surface area contributed by atoms with Gasteiger partial charge in [0.25, 0.3) is 0 Å². The highest BCUT2D eigenvalue weighted by Crippen LogP contribution is 2.21. The Morgan fingerprint density at radius 1 is 1.23 bits per heavy atom. The maximum Gasteiger partial charge on any atom is 0.0457 e. The van der Waals surface area contributed by atoms with Crippen LogP contribution in [0.25, 0.3) is 10.9 Å². The monoisotopic (exact) mass is 195 g/mol. The van der Waals surface area contributed by atoms with Crippen LogP contribution in [0, 0.1) is 6.92 Å². The number of aromatic amines is 1. The lowest BCUT2D eigenvalue weighted by Gasteiger charge is -1.96. The topological polar surface area (TPSA) is 15.8 Å². The van der Waals surface area contributed by atoms with Crippen LogP contribution >= 0.6 is 11.6 Å². The maximum atomic E-state index is 5.93. The molecule has 1 aromatic carbocycles. The van der Waals surface area contributed by atoms with E-state index in [0.29, 0.717) is 0 Å². The van der Waals surface area contributed by atoms with Crippen molar-refractivity contribution in [1.29, 1.82) is 0 Å². The van der Waals surface area contributed by atoms with Crippen molar-refractivity contribution in [3.63, 3.8) is 0 Å². The Balaban J connectivity index is 0.000000396. The van der Waals surface area contributed by atoms with Crippen molar-refractivity contribution in [2.75, 3.05) is 0 Å². The van der Waals surface area contributed by atoms with Crippen molar-refractivity contribution in [2.45, 2.75) is 20.8 Å². The predicted octanol–water partition coefficient (Wildman–Crippen LogP) is 4.16. The fourth-order valence-corrected chi connectivity index (χ4v) is 1.35. The third-order valence-electron chi connectivity index (χ3n) is 1.83. The van der Waals surface area contributed by atoms with Crippen molar-refractivity contribution < 1.29 is 0 Å². The summed E-state index contributed by atoms with van der Waals surface area (Å²) in [5, 5.41) is 2.00. The first-order valence-electron chi connectivity index (χ1n) is 4.50. The van der Waals surface area contributed by atoms with Crippen LogP contribution in [0.3, 0.4) is 0 Å². The van der Waals surface area contributed by atoms with Gasteiger partial charge >= 0.3 is 0 Å². The normalized spacial score (nSPS) is 9.54. The van der Waals surface area contributed by atoms with Crippen LogP contribution in [0.2, 0.25) is 5.02 Å². The second-order valence-electron chi connectivity index (χ2n) is 2.67. The van der Waals surface area contributed by atoms with E-state index < -0.39 is 0 Å². The van der Waals surface area contributed by atoms with Crippen LogP contribution in [-0.2, 0) is 0 Å². The quantitative estimate of drug-likeness (QED) is 0.650. The van der Waals surface area contributed by atoms with Gasteiger partial charge in [-0.3, -0.25) is 0 Å². The van der Waals surface area contributed by atoms with Gasteiger partial charge < -0.3 is 4.98 Å². The number of nitrogens with one attached hydrogen (secondary N) is 1. The van der Waals surface area contributed by atoms with Gasteiger partial charge in [-0.05, 0) is 30.7 Å². The van der Waals surface area contributed by atoms with E-state index in [4.69, 9.17) is 11.6 Å². The van der Waals surface area contributed by atoms with Gasteiger partial charge in [0.15, 0.2) is 0 Å². The molecule has 2 aromatic rings. The average Bonchev–Trinajstić information content (AvgIpc) is 2.56. The molecule has 0 aliphatic carbocycles. The summed E-state index contributed by atoms with van der Waals surface area (Å²) in [7, 11) is 0. The van der Waals surface area contributed by atoms with Crippen molar-refractivity contribution >= 4 is 22.5 Å². The van der Waals surface area contributed by atoms with E-state index in [2.05, 4.69) is 11.1 Å². The summed E-state index contributed by atoms with van der Waals surface area (Å²) in [4.78, 5) is 3.13. The Bertz CT molecular complexity index is 354. The Morgan fingerprint density at radius 3 is 2.62 bits per heavy atom. The second-order valence-corrected chi connectivity index (χ2v) is 3.07. The molecule has 0 saturated heterocycles. The molecule has 1 N–H and O–H groups in total. The van der Waals surface area contributed by atoms with Gasteiger partial charge in [0.2, 0.25) is 0 Å². The Hall–Kier alpha value is -0.950. The molecule has 0 saturated carbocycles. The van der Waals surface area contributed by atoms with Gasteiger partial charge in [-0.1, -0.05) is 25.4 Å². The Labute approximate surface area is 83.7 Å². The van der Waals surface area contributed by atoms with E-state index in [1.165, 1.54) is 5.39 Å². The second kappa shape index (κ2) is 4.33. The Kier molecular flexibility index (Phi) is 3.38. The summed E-state index contributed by atoms with van der Waals surface area (Å²) in [5.74, 6) is 0. The molecule has 0 atom stereocenters. The van der Waals surface area contributed by atoms with Crippen molar-refractivity contribution in [2.24, 2.45) is 0 Å². The number of benzene rings is 1. The molecule has 13 heavy (non-hydrogen) atoms. The highest BCUT2D eigenvalue weighted by molar-refractivity contribution is 6.32. The summed E-state index contributed by atoms with van der Waals surface area (Å²) in [6.45, 7) is 6.00. The number of fused-ring (bicyclic) bond motifs is 1. The fraction of sp³-hybridized carbons (Fsp3) is 0.273. The van der Waals surface area contributed by atoms with Gasteiger partial charge in [-0.2, -0.15) is 0 Å². The van der Waals surface area contributed by atoms with Crippen LogP contribution in [0.5, 0.6) is 0 Å². The summed E-state index contributed by atoms with van der Waals surface area (Å²) in [6, 6.07) is 6.04. The van der Waals surface area contributed by atoms with E-state index in [-0.39, 0.29) is 0 Å². The lowest BCUT2D eigenvalue weighted by atomic mass is 10.2. The molecule has 2 heteroatoms. The minimum atomic E-state index is 0.831. The maximum absolute atomic E-state index is 5.93. The van der Waals surface area contributed by atoms with Gasteiger partial charge in [0.05, 0.1) is 0 Å². The molecule has 0 spiro atoms. The smallest absolute Gasteiger partial charge is 0.0457 e. The SMILES string of the molecule is CC.Cc1cc2[nH]ccc2cc1Cl.